The second kappa shape index (κ2) is 7.40. The van der Waals surface area contributed by atoms with Crippen molar-refractivity contribution >= 4 is 10.2 Å². The predicted octanol–water partition coefficient (Wildman–Crippen LogP) is 2.10. The molecular formula is C15H30N2O3S. The van der Waals surface area contributed by atoms with Gasteiger partial charge in [0.1, 0.15) is 0 Å². The Labute approximate surface area is 129 Å². The zero-order valence-electron chi connectivity index (χ0n) is 13.6. The Hall–Kier alpha value is -0.170. The highest BCUT2D eigenvalue weighted by Gasteiger charge is 2.34. The number of hydrogen-bond acceptors (Lipinski definition) is 3. The summed E-state index contributed by atoms with van der Waals surface area (Å²) in [4.78, 5) is 0. The molecule has 0 saturated carbocycles. The highest BCUT2D eigenvalue weighted by atomic mass is 32.2. The van der Waals surface area contributed by atoms with Crippen LogP contribution in [-0.2, 0) is 14.9 Å². The molecule has 0 radical (unpaired) electrons. The zero-order valence-corrected chi connectivity index (χ0v) is 14.4. The minimum Gasteiger partial charge on any atom is -0.378 e. The van der Waals surface area contributed by atoms with Gasteiger partial charge < -0.3 is 4.74 Å². The Bertz CT molecular complexity index is 417. The molecule has 0 spiro atoms. The Kier molecular flexibility index (Phi) is 6.05. The molecule has 0 amide bonds. The molecule has 1 atom stereocenters. The molecule has 2 saturated heterocycles. The minimum absolute atomic E-state index is 0.221. The van der Waals surface area contributed by atoms with Crippen molar-refractivity contribution in [1.82, 2.24) is 8.61 Å². The van der Waals surface area contributed by atoms with E-state index in [4.69, 9.17) is 4.74 Å². The molecule has 0 aromatic heterocycles. The summed E-state index contributed by atoms with van der Waals surface area (Å²) in [5.41, 5.74) is 0. The van der Waals surface area contributed by atoms with E-state index in [9.17, 15) is 8.42 Å². The first-order valence-corrected chi connectivity index (χ1v) is 9.66. The molecule has 2 aliphatic rings. The third-order valence-corrected chi connectivity index (χ3v) is 6.34. The van der Waals surface area contributed by atoms with Crippen molar-refractivity contribution in [2.75, 3.05) is 32.8 Å². The topological polar surface area (TPSA) is 49.9 Å². The van der Waals surface area contributed by atoms with Crippen LogP contribution in [0.4, 0.5) is 0 Å². The summed E-state index contributed by atoms with van der Waals surface area (Å²) in [6.07, 6.45) is 3.97. The van der Waals surface area contributed by atoms with Crippen molar-refractivity contribution in [3.05, 3.63) is 0 Å². The van der Waals surface area contributed by atoms with Gasteiger partial charge in [-0.2, -0.15) is 17.0 Å². The summed E-state index contributed by atoms with van der Waals surface area (Å²) in [5.74, 6) is 1.00. The van der Waals surface area contributed by atoms with E-state index in [-0.39, 0.29) is 6.10 Å². The van der Waals surface area contributed by atoms with Crippen molar-refractivity contribution in [1.29, 1.82) is 0 Å². The molecular weight excluding hydrogens is 288 g/mol. The molecule has 21 heavy (non-hydrogen) atoms. The quantitative estimate of drug-likeness (QED) is 0.780. The summed E-state index contributed by atoms with van der Waals surface area (Å²) >= 11 is 0. The summed E-state index contributed by atoms with van der Waals surface area (Å²) in [6.45, 7) is 9.71. The van der Waals surface area contributed by atoms with Gasteiger partial charge in [-0.3, -0.25) is 0 Å². The van der Waals surface area contributed by atoms with E-state index in [0.29, 0.717) is 38.0 Å². The summed E-state index contributed by atoms with van der Waals surface area (Å²) in [7, 11) is -3.26. The van der Waals surface area contributed by atoms with E-state index >= 15 is 0 Å². The van der Waals surface area contributed by atoms with E-state index in [0.717, 1.165) is 32.3 Å². The van der Waals surface area contributed by atoms with Gasteiger partial charge in [0, 0.05) is 32.8 Å². The van der Waals surface area contributed by atoms with E-state index in [1.165, 1.54) is 0 Å². The van der Waals surface area contributed by atoms with Crippen LogP contribution >= 0.6 is 0 Å². The Morgan fingerprint density at radius 2 is 1.76 bits per heavy atom. The third-order valence-electron chi connectivity index (χ3n) is 4.34. The lowest BCUT2D eigenvalue weighted by molar-refractivity contribution is 0.00663. The van der Waals surface area contributed by atoms with Crippen LogP contribution in [0.25, 0.3) is 0 Å². The standard InChI is InChI=1S/C15H30N2O3S/c1-13(2)12-20-15-6-9-16(10-7-15)21(18,19)17-8-4-5-14(3)11-17/h13-15H,4-12H2,1-3H3/t14-/m0/s1. The normalized spacial score (nSPS) is 27.3. The Morgan fingerprint density at radius 1 is 1.10 bits per heavy atom. The fourth-order valence-electron chi connectivity index (χ4n) is 3.08. The lowest BCUT2D eigenvalue weighted by atomic mass is 10.0. The third kappa shape index (κ3) is 4.65. The van der Waals surface area contributed by atoms with Crippen LogP contribution in [0, 0.1) is 11.8 Å². The van der Waals surface area contributed by atoms with Crippen LogP contribution in [0.2, 0.25) is 0 Å². The summed E-state index contributed by atoms with van der Waals surface area (Å²) < 4.78 is 34.5. The SMILES string of the molecule is CC(C)COC1CCN(S(=O)(=O)N2CCC[C@H](C)C2)CC1. The molecule has 2 aliphatic heterocycles. The van der Waals surface area contributed by atoms with Gasteiger partial charge in [-0.15, -0.1) is 0 Å². The van der Waals surface area contributed by atoms with Gasteiger partial charge in [0.05, 0.1) is 6.10 Å². The fraction of sp³-hybridized carbons (Fsp3) is 1.00. The monoisotopic (exact) mass is 318 g/mol. The van der Waals surface area contributed by atoms with Crippen LogP contribution in [0.15, 0.2) is 0 Å². The molecule has 0 N–H and O–H groups in total. The molecule has 2 fully saturated rings. The van der Waals surface area contributed by atoms with Crippen molar-refractivity contribution in [3.63, 3.8) is 0 Å². The average molecular weight is 318 g/mol. The second-order valence-electron chi connectivity index (χ2n) is 6.94. The summed E-state index contributed by atoms with van der Waals surface area (Å²) in [6, 6.07) is 0. The zero-order chi connectivity index (χ0) is 15.5. The highest BCUT2D eigenvalue weighted by molar-refractivity contribution is 7.86. The smallest absolute Gasteiger partial charge is 0.281 e. The maximum absolute atomic E-state index is 12.7. The predicted molar refractivity (Wildman–Crippen MR) is 84.3 cm³/mol. The summed E-state index contributed by atoms with van der Waals surface area (Å²) in [5, 5.41) is 0. The molecule has 5 nitrogen and oxygen atoms in total. The molecule has 6 heteroatoms. The Morgan fingerprint density at radius 3 is 2.33 bits per heavy atom. The fourth-order valence-corrected chi connectivity index (χ4v) is 4.88. The van der Waals surface area contributed by atoms with Gasteiger partial charge in [-0.25, -0.2) is 0 Å². The molecule has 0 bridgehead atoms. The first kappa shape index (κ1) is 17.2. The number of ether oxygens (including phenoxy) is 1. The Balaban J connectivity index is 1.85. The lowest BCUT2D eigenvalue weighted by Gasteiger charge is -2.37. The first-order valence-electron chi connectivity index (χ1n) is 8.26. The van der Waals surface area contributed by atoms with Crippen LogP contribution in [0.1, 0.15) is 46.5 Å². The minimum atomic E-state index is -3.26. The number of piperidine rings is 2. The molecule has 0 aliphatic carbocycles. The van der Waals surface area contributed by atoms with Crippen LogP contribution in [-0.4, -0.2) is 55.9 Å². The van der Waals surface area contributed by atoms with E-state index in [1.54, 1.807) is 8.61 Å². The number of hydrogen-bond donors (Lipinski definition) is 0. The molecule has 124 valence electrons. The van der Waals surface area contributed by atoms with Crippen molar-refractivity contribution in [3.8, 4) is 0 Å². The van der Waals surface area contributed by atoms with Crippen LogP contribution in [0.3, 0.4) is 0 Å². The van der Waals surface area contributed by atoms with Gasteiger partial charge in [-0.1, -0.05) is 20.8 Å². The molecule has 0 unspecified atom stereocenters. The first-order chi connectivity index (χ1) is 9.89. The highest BCUT2D eigenvalue weighted by Crippen LogP contribution is 2.24. The van der Waals surface area contributed by atoms with E-state index in [1.807, 2.05) is 0 Å². The van der Waals surface area contributed by atoms with Crippen LogP contribution < -0.4 is 0 Å². The molecule has 2 heterocycles. The molecule has 0 aromatic carbocycles. The van der Waals surface area contributed by atoms with Gasteiger partial charge in [0.25, 0.3) is 10.2 Å². The molecule has 0 aromatic rings. The van der Waals surface area contributed by atoms with Gasteiger partial charge in [0.2, 0.25) is 0 Å². The molecule has 2 rings (SSSR count). The van der Waals surface area contributed by atoms with E-state index in [2.05, 4.69) is 20.8 Å². The second-order valence-corrected chi connectivity index (χ2v) is 8.87. The van der Waals surface area contributed by atoms with Gasteiger partial charge in [0.15, 0.2) is 0 Å². The average Bonchev–Trinajstić information content (AvgIpc) is 2.45. The maximum atomic E-state index is 12.7. The maximum Gasteiger partial charge on any atom is 0.281 e. The number of nitrogens with zero attached hydrogens (tertiary/aromatic N) is 2. The van der Waals surface area contributed by atoms with E-state index < -0.39 is 10.2 Å². The van der Waals surface area contributed by atoms with Crippen molar-refractivity contribution in [2.24, 2.45) is 11.8 Å². The van der Waals surface area contributed by atoms with Gasteiger partial charge in [-0.05, 0) is 37.5 Å². The largest absolute Gasteiger partial charge is 0.378 e. The van der Waals surface area contributed by atoms with Gasteiger partial charge >= 0.3 is 0 Å². The number of rotatable bonds is 5. The van der Waals surface area contributed by atoms with Crippen molar-refractivity contribution in [2.45, 2.75) is 52.6 Å². The van der Waals surface area contributed by atoms with Crippen molar-refractivity contribution < 1.29 is 13.2 Å². The van der Waals surface area contributed by atoms with Crippen LogP contribution in [0.5, 0.6) is 0 Å². The lowest BCUT2D eigenvalue weighted by Crippen LogP contribution is -2.50.